The van der Waals surface area contributed by atoms with Crippen LogP contribution in [-0.2, 0) is 9.59 Å². The lowest BCUT2D eigenvalue weighted by Crippen LogP contribution is -2.56. The first-order valence-electron chi connectivity index (χ1n) is 7.89. The number of rotatable bonds is 3. The molecule has 21 heavy (non-hydrogen) atoms. The summed E-state index contributed by atoms with van der Waals surface area (Å²) in [6.07, 6.45) is 4.23. The molecule has 1 heterocycles. The molecule has 0 radical (unpaired) electrons. The molecule has 5 heteroatoms. The third-order valence-corrected chi connectivity index (χ3v) is 4.94. The van der Waals surface area contributed by atoms with Crippen LogP contribution in [-0.4, -0.2) is 47.3 Å². The molecule has 5 nitrogen and oxygen atoms in total. The van der Waals surface area contributed by atoms with E-state index in [2.05, 4.69) is 6.07 Å². The molecule has 1 saturated carbocycles. The first-order chi connectivity index (χ1) is 9.91. The Balaban J connectivity index is 2.02. The average Bonchev–Trinajstić information content (AvgIpc) is 2.45. The topological polar surface area (TPSA) is 64.4 Å². The summed E-state index contributed by atoms with van der Waals surface area (Å²) in [5.74, 6) is -0.0442. The predicted octanol–water partition coefficient (Wildman–Crippen LogP) is 1.79. The Kier molecular flexibility index (Phi) is 4.55. The summed E-state index contributed by atoms with van der Waals surface area (Å²) in [4.78, 5) is 28.2. The first-order valence-corrected chi connectivity index (χ1v) is 7.89. The Morgan fingerprint density at radius 2 is 2.00 bits per heavy atom. The fourth-order valence-electron chi connectivity index (χ4n) is 3.26. The number of hydrogen-bond acceptors (Lipinski definition) is 3. The average molecular weight is 291 g/mol. The zero-order valence-corrected chi connectivity index (χ0v) is 13.3. The van der Waals surface area contributed by atoms with E-state index in [1.165, 1.54) is 0 Å². The highest BCUT2D eigenvalue weighted by Crippen LogP contribution is 2.37. The van der Waals surface area contributed by atoms with Gasteiger partial charge in [0.15, 0.2) is 0 Å². The summed E-state index contributed by atoms with van der Waals surface area (Å²) in [7, 11) is 1.74. The number of amides is 2. The van der Waals surface area contributed by atoms with E-state index >= 15 is 0 Å². The third-order valence-electron chi connectivity index (χ3n) is 4.94. The molecule has 0 spiro atoms. The maximum atomic E-state index is 12.7. The van der Waals surface area contributed by atoms with Crippen LogP contribution >= 0.6 is 0 Å². The van der Waals surface area contributed by atoms with Crippen LogP contribution < -0.4 is 0 Å². The minimum atomic E-state index is -0.596. The summed E-state index contributed by atoms with van der Waals surface area (Å²) in [5, 5.41) is 9.36. The molecule has 0 N–H and O–H groups in total. The largest absolute Gasteiger partial charge is 0.342 e. The monoisotopic (exact) mass is 291 g/mol. The lowest BCUT2D eigenvalue weighted by atomic mass is 9.76. The smallest absolute Gasteiger partial charge is 0.228 e. The van der Waals surface area contributed by atoms with Crippen molar-refractivity contribution in [2.75, 3.05) is 20.1 Å². The van der Waals surface area contributed by atoms with E-state index < -0.39 is 5.54 Å². The van der Waals surface area contributed by atoms with Gasteiger partial charge in [0.1, 0.15) is 5.54 Å². The van der Waals surface area contributed by atoms with Gasteiger partial charge in [0.05, 0.1) is 12.0 Å². The number of nitrogens with zero attached hydrogens (tertiary/aromatic N) is 3. The molecular weight excluding hydrogens is 266 g/mol. The molecule has 116 valence electrons. The molecular formula is C16H25N3O2. The van der Waals surface area contributed by atoms with Crippen molar-refractivity contribution < 1.29 is 9.59 Å². The van der Waals surface area contributed by atoms with Gasteiger partial charge >= 0.3 is 0 Å². The highest BCUT2D eigenvalue weighted by molar-refractivity contribution is 5.82. The number of carbonyl (C=O) groups is 2. The van der Waals surface area contributed by atoms with Gasteiger partial charge < -0.3 is 9.80 Å². The molecule has 1 aliphatic heterocycles. The summed E-state index contributed by atoms with van der Waals surface area (Å²) >= 11 is 0. The fraction of sp³-hybridized carbons (Fsp3) is 0.812. The van der Waals surface area contributed by atoms with Crippen molar-refractivity contribution in [3.63, 3.8) is 0 Å². The molecule has 1 unspecified atom stereocenters. The second-order valence-corrected chi connectivity index (χ2v) is 6.67. The van der Waals surface area contributed by atoms with Crippen LogP contribution in [0.1, 0.15) is 46.0 Å². The Bertz CT molecular complexity index is 463. The van der Waals surface area contributed by atoms with Crippen molar-refractivity contribution in [2.45, 2.75) is 51.5 Å². The zero-order valence-electron chi connectivity index (χ0n) is 13.3. The Hall–Kier alpha value is -1.57. The SMILES string of the molecule is CC(C)C(=O)N1CCCC(C(=O)N(C)C2(C#N)CCC2)C1. The summed E-state index contributed by atoms with van der Waals surface area (Å²) in [6.45, 7) is 5.02. The van der Waals surface area contributed by atoms with Crippen LogP contribution in [0.25, 0.3) is 0 Å². The van der Waals surface area contributed by atoms with Crippen molar-refractivity contribution in [3.05, 3.63) is 0 Å². The predicted molar refractivity (Wildman–Crippen MR) is 79.1 cm³/mol. The van der Waals surface area contributed by atoms with Crippen LogP contribution in [0.3, 0.4) is 0 Å². The van der Waals surface area contributed by atoms with Crippen molar-refractivity contribution in [1.82, 2.24) is 9.80 Å². The Labute approximate surface area is 126 Å². The lowest BCUT2D eigenvalue weighted by molar-refractivity contribution is -0.145. The molecule has 1 atom stereocenters. The van der Waals surface area contributed by atoms with Crippen molar-refractivity contribution in [2.24, 2.45) is 11.8 Å². The summed E-state index contributed by atoms with van der Waals surface area (Å²) < 4.78 is 0. The molecule has 1 saturated heterocycles. The van der Waals surface area contributed by atoms with E-state index in [9.17, 15) is 14.9 Å². The van der Waals surface area contributed by atoms with E-state index in [4.69, 9.17) is 0 Å². The first kappa shape index (κ1) is 15.8. The lowest BCUT2D eigenvalue weighted by Gasteiger charge is -2.45. The summed E-state index contributed by atoms with van der Waals surface area (Å²) in [6, 6.07) is 2.31. The molecule has 2 rings (SSSR count). The molecule has 2 fully saturated rings. The van der Waals surface area contributed by atoms with Gasteiger partial charge in [-0.15, -0.1) is 0 Å². The van der Waals surface area contributed by atoms with Gasteiger partial charge in [0.25, 0.3) is 0 Å². The maximum Gasteiger partial charge on any atom is 0.228 e. The minimum Gasteiger partial charge on any atom is -0.342 e. The van der Waals surface area contributed by atoms with E-state index in [0.29, 0.717) is 6.54 Å². The number of nitriles is 1. The number of piperidine rings is 1. The molecule has 2 amide bonds. The molecule has 0 aromatic heterocycles. The van der Waals surface area contributed by atoms with Crippen LogP contribution in [0.2, 0.25) is 0 Å². The van der Waals surface area contributed by atoms with Gasteiger partial charge in [-0.3, -0.25) is 9.59 Å². The third kappa shape index (κ3) is 2.90. The van der Waals surface area contributed by atoms with E-state index in [-0.39, 0.29) is 23.7 Å². The Morgan fingerprint density at radius 3 is 2.48 bits per heavy atom. The van der Waals surface area contributed by atoms with Crippen LogP contribution in [0.4, 0.5) is 0 Å². The number of carbonyl (C=O) groups excluding carboxylic acids is 2. The van der Waals surface area contributed by atoms with Crippen molar-refractivity contribution in [3.8, 4) is 6.07 Å². The molecule has 2 aliphatic rings. The van der Waals surface area contributed by atoms with E-state index in [1.807, 2.05) is 18.7 Å². The van der Waals surface area contributed by atoms with E-state index in [1.54, 1.807) is 11.9 Å². The molecule has 1 aliphatic carbocycles. The quantitative estimate of drug-likeness (QED) is 0.796. The van der Waals surface area contributed by atoms with Gasteiger partial charge in [-0.2, -0.15) is 5.26 Å². The van der Waals surface area contributed by atoms with Crippen molar-refractivity contribution >= 4 is 11.8 Å². The Morgan fingerprint density at radius 1 is 1.33 bits per heavy atom. The molecule has 0 bridgehead atoms. The van der Waals surface area contributed by atoms with Crippen LogP contribution in [0, 0.1) is 23.2 Å². The van der Waals surface area contributed by atoms with Gasteiger partial charge in [-0.05, 0) is 32.1 Å². The standard InChI is InChI=1S/C16H25N3O2/c1-12(2)14(20)19-9-4-6-13(10-19)15(21)18(3)16(11-17)7-5-8-16/h12-13H,4-10H2,1-3H3. The zero-order chi connectivity index (χ0) is 15.6. The second-order valence-electron chi connectivity index (χ2n) is 6.67. The van der Waals surface area contributed by atoms with Gasteiger partial charge in [-0.1, -0.05) is 13.8 Å². The fourth-order valence-corrected chi connectivity index (χ4v) is 3.26. The number of hydrogen-bond donors (Lipinski definition) is 0. The van der Waals surface area contributed by atoms with Crippen molar-refractivity contribution in [1.29, 1.82) is 5.26 Å². The van der Waals surface area contributed by atoms with E-state index in [0.717, 1.165) is 38.6 Å². The summed E-state index contributed by atoms with van der Waals surface area (Å²) in [5.41, 5.74) is -0.596. The maximum absolute atomic E-state index is 12.7. The second kappa shape index (κ2) is 6.05. The van der Waals surface area contributed by atoms with Gasteiger partial charge in [-0.25, -0.2) is 0 Å². The van der Waals surface area contributed by atoms with Crippen LogP contribution in [0.5, 0.6) is 0 Å². The molecule has 0 aromatic carbocycles. The highest BCUT2D eigenvalue weighted by atomic mass is 16.2. The van der Waals surface area contributed by atoms with Crippen LogP contribution in [0.15, 0.2) is 0 Å². The normalized spacial score (nSPS) is 24.1. The minimum absolute atomic E-state index is 0.0255. The number of likely N-dealkylation sites (tertiary alicyclic amines) is 1. The van der Waals surface area contributed by atoms with Gasteiger partial charge in [0, 0.05) is 26.1 Å². The van der Waals surface area contributed by atoms with Gasteiger partial charge in [0.2, 0.25) is 11.8 Å². The highest BCUT2D eigenvalue weighted by Gasteiger charge is 2.45. The molecule has 0 aromatic rings.